The number of benzene rings is 2. The van der Waals surface area contributed by atoms with Crippen molar-refractivity contribution in [2.24, 2.45) is 0 Å². The van der Waals surface area contributed by atoms with Crippen LogP contribution in [-0.2, 0) is 15.4 Å². The molecule has 0 radical (unpaired) electrons. The highest BCUT2D eigenvalue weighted by atomic mass is 32.2. The van der Waals surface area contributed by atoms with Gasteiger partial charge in [0.25, 0.3) is 0 Å². The Morgan fingerprint density at radius 3 is 2.29 bits per heavy atom. The maximum atomic E-state index is 13.7. The van der Waals surface area contributed by atoms with E-state index in [-0.39, 0.29) is 24.1 Å². The zero-order valence-electron chi connectivity index (χ0n) is 18.5. The van der Waals surface area contributed by atoms with Gasteiger partial charge in [0.15, 0.2) is 11.5 Å². The van der Waals surface area contributed by atoms with E-state index < -0.39 is 10.0 Å². The van der Waals surface area contributed by atoms with Gasteiger partial charge < -0.3 is 14.8 Å². The Hall–Kier alpha value is -2.09. The lowest BCUT2D eigenvalue weighted by Gasteiger charge is -2.37. The number of hydrogen-bond donors (Lipinski definition) is 1. The van der Waals surface area contributed by atoms with Gasteiger partial charge in [0.2, 0.25) is 10.0 Å². The molecule has 1 unspecified atom stereocenters. The highest BCUT2D eigenvalue weighted by Crippen LogP contribution is 2.33. The molecule has 1 saturated heterocycles. The minimum Gasteiger partial charge on any atom is -0.486 e. The molecule has 0 saturated carbocycles. The van der Waals surface area contributed by atoms with Gasteiger partial charge >= 0.3 is 0 Å². The molecule has 1 fully saturated rings. The third-order valence-corrected chi connectivity index (χ3v) is 7.93. The van der Waals surface area contributed by atoms with Crippen LogP contribution in [0.1, 0.15) is 39.2 Å². The fraction of sp³-hybridized carbons (Fsp3) is 0.500. The first-order valence-electron chi connectivity index (χ1n) is 11.0. The first-order valence-corrected chi connectivity index (χ1v) is 12.4. The Kier molecular flexibility index (Phi) is 6.28. The Morgan fingerprint density at radius 1 is 1.00 bits per heavy atom. The summed E-state index contributed by atoms with van der Waals surface area (Å²) in [5.41, 5.74) is 1.08. The van der Waals surface area contributed by atoms with Crippen molar-refractivity contribution in [3.63, 3.8) is 0 Å². The van der Waals surface area contributed by atoms with Crippen molar-refractivity contribution >= 4 is 10.0 Å². The number of fused-ring (bicyclic) bond motifs is 1. The predicted octanol–water partition coefficient (Wildman–Crippen LogP) is 3.57. The molecular formula is C24H32N2O4S. The van der Waals surface area contributed by atoms with E-state index in [1.54, 1.807) is 16.4 Å². The molecule has 0 spiro atoms. The first kappa shape index (κ1) is 22.1. The van der Waals surface area contributed by atoms with Crippen LogP contribution in [0.15, 0.2) is 53.4 Å². The largest absolute Gasteiger partial charge is 0.486 e. The molecule has 7 heteroatoms. The second kappa shape index (κ2) is 8.81. The SMILES string of the molecule is CC(C)(C)c1ccc(S(=O)(=O)N(CC2COc3ccccc3O2)C2CCNCC2)cc1. The molecule has 2 aliphatic heterocycles. The summed E-state index contributed by atoms with van der Waals surface area (Å²) in [5, 5.41) is 3.32. The maximum Gasteiger partial charge on any atom is 0.243 e. The Balaban J connectivity index is 1.60. The maximum absolute atomic E-state index is 13.7. The molecular weight excluding hydrogens is 412 g/mol. The van der Waals surface area contributed by atoms with Crippen LogP contribution in [0.4, 0.5) is 0 Å². The van der Waals surface area contributed by atoms with E-state index in [0.717, 1.165) is 31.5 Å². The fourth-order valence-electron chi connectivity index (χ4n) is 4.15. The summed E-state index contributed by atoms with van der Waals surface area (Å²) in [6.07, 6.45) is 1.21. The molecule has 0 amide bonds. The van der Waals surface area contributed by atoms with Crippen molar-refractivity contribution in [3.8, 4) is 11.5 Å². The molecule has 0 aromatic heterocycles. The Morgan fingerprint density at radius 2 is 1.65 bits per heavy atom. The summed E-state index contributed by atoms with van der Waals surface area (Å²) < 4.78 is 41.0. The molecule has 168 valence electrons. The predicted molar refractivity (Wildman–Crippen MR) is 121 cm³/mol. The highest BCUT2D eigenvalue weighted by Gasteiger charge is 2.36. The van der Waals surface area contributed by atoms with Gasteiger partial charge in [-0.05, 0) is 61.2 Å². The quantitative estimate of drug-likeness (QED) is 0.764. The number of nitrogens with zero attached hydrogens (tertiary/aromatic N) is 1. The molecule has 31 heavy (non-hydrogen) atoms. The van der Waals surface area contributed by atoms with Crippen LogP contribution in [0.3, 0.4) is 0 Å². The molecule has 2 heterocycles. The van der Waals surface area contributed by atoms with Gasteiger partial charge in [-0.1, -0.05) is 45.0 Å². The lowest BCUT2D eigenvalue weighted by molar-refractivity contribution is 0.0666. The molecule has 2 aliphatic rings. The van der Waals surface area contributed by atoms with Crippen LogP contribution in [0.2, 0.25) is 0 Å². The number of hydrogen-bond acceptors (Lipinski definition) is 5. The fourth-order valence-corrected chi connectivity index (χ4v) is 5.87. The number of nitrogens with one attached hydrogen (secondary N) is 1. The average Bonchev–Trinajstić information content (AvgIpc) is 2.77. The molecule has 2 aromatic rings. The van der Waals surface area contributed by atoms with Gasteiger partial charge in [-0.3, -0.25) is 0 Å². The second-order valence-corrected chi connectivity index (χ2v) is 11.2. The van der Waals surface area contributed by atoms with E-state index >= 15 is 0 Å². The van der Waals surface area contributed by atoms with Gasteiger partial charge in [0.1, 0.15) is 12.7 Å². The third kappa shape index (κ3) is 4.89. The van der Waals surface area contributed by atoms with Crippen molar-refractivity contribution in [1.82, 2.24) is 9.62 Å². The summed E-state index contributed by atoms with van der Waals surface area (Å²) >= 11 is 0. The minimum absolute atomic E-state index is 0.0301. The van der Waals surface area contributed by atoms with Gasteiger partial charge in [0.05, 0.1) is 11.4 Å². The molecule has 6 nitrogen and oxygen atoms in total. The number of piperidine rings is 1. The zero-order chi connectivity index (χ0) is 22.1. The molecule has 4 rings (SSSR count). The molecule has 1 atom stereocenters. The minimum atomic E-state index is -3.67. The van der Waals surface area contributed by atoms with Crippen LogP contribution >= 0.6 is 0 Å². The van der Waals surface area contributed by atoms with Crippen LogP contribution in [0.25, 0.3) is 0 Å². The average molecular weight is 445 g/mol. The van der Waals surface area contributed by atoms with E-state index in [1.807, 2.05) is 36.4 Å². The summed E-state index contributed by atoms with van der Waals surface area (Å²) in [7, 11) is -3.67. The number of ether oxygens (including phenoxy) is 2. The van der Waals surface area contributed by atoms with Crippen molar-refractivity contribution in [2.45, 2.75) is 56.1 Å². The normalized spacial score (nSPS) is 20.1. The Labute approximate surface area is 185 Å². The van der Waals surface area contributed by atoms with Crippen molar-refractivity contribution < 1.29 is 17.9 Å². The van der Waals surface area contributed by atoms with Crippen molar-refractivity contribution in [2.75, 3.05) is 26.2 Å². The summed E-state index contributed by atoms with van der Waals surface area (Å²) in [5.74, 6) is 1.36. The smallest absolute Gasteiger partial charge is 0.243 e. The lowest BCUT2D eigenvalue weighted by atomic mass is 9.87. The topological polar surface area (TPSA) is 67.9 Å². The van der Waals surface area contributed by atoms with Gasteiger partial charge in [-0.15, -0.1) is 0 Å². The number of rotatable bonds is 5. The second-order valence-electron chi connectivity index (χ2n) is 9.33. The summed E-state index contributed by atoms with van der Waals surface area (Å²) in [6.45, 7) is 8.58. The van der Waals surface area contributed by atoms with Crippen LogP contribution < -0.4 is 14.8 Å². The van der Waals surface area contributed by atoms with Gasteiger partial charge in [-0.25, -0.2) is 8.42 Å². The summed E-state index contributed by atoms with van der Waals surface area (Å²) in [4.78, 5) is 0.330. The lowest BCUT2D eigenvalue weighted by Crippen LogP contribution is -2.51. The zero-order valence-corrected chi connectivity index (χ0v) is 19.3. The number of para-hydroxylation sites is 2. The van der Waals surface area contributed by atoms with E-state index in [2.05, 4.69) is 26.1 Å². The van der Waals surface area contributed by atoms with Gasteiger partial charge in [-0.2, -0.15) is 4.31 Å². The van der Waals surface area contributed by atoms with Crippen LogP contribution in [-0.4, -0.2) is 51.1 Å². The van der Waals surface area contributed by atoms with E-state index in [0.29, 0.717) is 23.0 Å². The van der Waals surface area contributed by atoms with Gasteiger partial charge in [0, 0.05) is 6.04 Å². The van der Waals surface area contributed by atoms with Crippen molar-refractivity contribution in [1.29, 1.82) is 0 Å². The number of sulfonamides is 1. The first-order chi connectivity index (χ1) is 14.7. The summed E-state index contributed by atoms with van der Waals surface area (Å²) in [6, 6.07) is 14.8. The van der Waals surface area contributed by atoms with Crippen LogP contribution in [0.5, 0.6) is 11.5 Å². The van der Waals surface area contributed by atoms with E-state index in [1.165, 1.54) is 0 Å². The molecule has 0 bridgehead atoms. The van der Waals surface area contributed by atoms with Crippen molar-refractivity contribution in [3.05, 3.63) is 54.1 Å². The molecule has 2 aromatic carbocycles. The third-order valence-electron chi connectivity index (χ3n) is 5.99. The monoisotopic (exact) mass is 444 g/mol. The molecule has 1 N–H and O–H groups in total. The standard InChI is InChI=1S/C24H32N2O4S/c1-24(2,3)18-8-10-21(11-9-18)31(27,28)26(19-12-14-25-15-13-19)16-20-17-29-22-6-4-5-7-23(22)30-20/h4-11,19-20,25H,12-17H2,1-3H3. The van der Waals surface area contributed by atoms with Crippen LogP contribution in [0, 0.1) is 0 Å². The Bertz CT molecular complexity index is 993. The molecule has 0 aliphatic carbocycles. The van der Waals surface area contributed by atoms with E-state index in [9.17, 15) is 8.42 Å². The van der Waals surface area contributed by atoms with E-state index in [4.69, 9.17) is 9.47 Å². The highest BCUT2D eigenvalue weighted by molar-refractivity contribution is 7.89.